The Hall–Kier alpha value is -1.89. The molecule has 7 heteroatoms. The number of Topliss-reactive ketones (excluding diaryl/α,β-unsaturated/α-hetero) is 1. The van der Waals surface area contributed by atoms with Crippen molar-refractivity contribution in [1.82, 2.24) is 5.32 Å². The van der Waals surface area contributed by atoms with Gasteiger partial charge in [0.15, 0.2) is 10.9 Å². The molecule has 0 spiro atoms. The van der Waals surface area contributed by atoms with Crippen LogP contribution in [0.25, 0.3) is 0 Å². The van der Waals surface area contributed by atoms with Gasteiger partial charge in [-0.25, -0.2) is 0 Å². The van der Waals surface area contributed by atoms with Crippen molar-refractivity contribution in [3.63, 3.8) is 0 Å². The maximum absolute atomic E-state index is 12.3. The molecule has 4 nitrogen and oxygen atoms in total. The second-order valence-electron chi connectivity index (χ2n) is 4.89. The number of hydrogen-bond acceptors (Lipinski definition) is 4. The summed E-state index contributed by atoms with van der Waals surface area (Å²) in [4.78, 5) is 24.5. The second kappa shape index (κ2) is 8.28. The van der Waals surface area contributed by atoms with Crippen LogP contribution < -0.4 is 10.6 Å². The van der Waals surface area contributed by atoms with Crippen molar-refractivity contribution in [3.8, 4) is 0 Å². The lowest BCUT2D eigenvalue weighted by Crippen LogP contribution is -2.34. The fourth-order valence-electron chi connectivity index (χ4n) is 1.93. The minimum absolute atomic E-state index is 0.0132. The van der Waals surface area contributed by atoms with Crippen molar-refractivity contribution in [2.75, 3.05) is 11.6 Å². The Kier molecular flexibility index (Phi) is 6.36. The van der Waals surface area contributed by atoms with Crippen molar-refractivity contribution < 1.29 is 9.59 Å². The van der Waals surface area contributed by atoms with E-state index < -0.39 is 0 Å². The highest BCUT2D eigenvalue weighted by Crippen LogP contribution is 2.23. The van der Waals surface area contributed by atoms with E-state index in [0.717, 1.165) is 4.90 Å². The van der Waals surface area contributed by atoms with E-state index in [0.29, 0.717) is 21.8 Å². The van der Waals surface area contributed by atoms with Crippen LogP contribution in [0.1, 0.15) is 27.6 Å². The summed E-state index contributed by atoms with van der Waals surface area (Å²) in [6, 6.07) is 12.1. The number of nitrogens with one attached hydrogen (secondary N) is 2. The van der Waals surface area contributed by atoms with Gasteiger partial charge in [0.25, 0.3) is 5.91 Å². The van der Waals surface area contributed by atoms with E-state index in [1.165, 1.54) is 18.7 Å². The fraction of sp³-hybridized carbons (Fsp3) is 0.118. The van der Waals surface area contributed by atoms with Crippen LogP contribution in [0.15, 0.2) is 47.4 Å². The van der Waals surface area contributed by atoms with Gasteiger partial charge in [-0.15, -0.1) is 11.8 Å². The summed E-state index contributed by atoms with van der Waals surface area (Å²) in [6.07, 6.45) is 1.92. The quantitative estimate of drug-likeness (QED) is 0.469. The maximum atomic E-state index is 12.3. The Labute approximate surface area is 155 Å². The number of hydrogen-bond donors (Lipinski definition) is 2. The first-order valence-electron chi connectivity index (χ1n) is 6.97. The van der Waals surface area contributed by atoms with E-state index in [1.807, 2.05) is 12.3 Å². The molecule has 24 heavy (non-hydrogen) atoms. The van der Waals surface area contributed by atoms with Gasteiger partial charge in [-0.05, 0) is 67.9 Å². The zero-order valence-corrected chi connectivity index (χ0v) is 15.4. The zero-order valence-electron chi connectivity index (χ0n) is 13.1. The van der Waals surface area contributed by atoms with Gasteiger partial charge < -0.3 is 5.32 Å². The van der Waals surface area contributed by atoms with Gasteiger partial charge in [0.05, 0.1) is 10.6 Å². The van der Waals surface area contributed by atoms with Gasteiger partial charge in [-0.1, -0.05) is 11.6 Å². The summed E-state index contributed by atoms with van der Waals surface area (Å²) in [6.45, 7) is 1.50. The summed E-state index contributed by atoms with van der Waals surface area (Å²) < 4.78 is 0. The number of ketones is 1. The predicted octanol–water partition coefficient (Wildman–Crippen LogP) is 4.39. The molecule has 2 rings (SSSR count). The Morgan fingerprint density at radius 1 is 1.12 bits per heavy atom. The molecule has 2 aromatic rings. The molecule has 0 heterocycles. The number of thioether (sulfide) groups is 1. The summed E-state index contributed by atoms with van der Waals surface area (Å²) in [5, 5.41) is 6.01. The van der Waals surface area contributed by atoms with Crippen LogP contribution in [0.2, 0.25) is 5.02 Å². The van der Waals surface area contributed by atoms with Crippen LogP contribution in [-0.2, 0) is 0 Å². The van der Waals surface area contributed by atoms with Crippen LogP contribution in [0.3, 0.4) is 0 Å². The lowest BCUT2D eigenvalue weighted by molar-refractivity contribution is 0.0976. The van der Waals surface area contributed by atoms with E-state index in [2.05, 4.69) is 10.6 Å². The first-order chi connectivity index (χ1) is 11.4. The first kappa shape index (κ1) is 18.4. The van der Waals surface area contributed by atoms with Crippen LogP contribution in [-0.4, -0.2) is 23.1 Å². The van der Waals surface area contributed by atoms with Crippen molar-refractivity contribution >= 4 is 58.1 Å². The van der Waals surface area contributed by atoms with E-state index in [4.69, 9.17) is 23.8 Å². The third-order valence-electron chi connectivity index (χ3n) is 3.19. The highest BCUT2D eigenvalue weighted by molar-refractivity contribution is 7.98. The highest BCUT2D eigenvalue weighted by Gasteiger charge is 2.13. The number of amides is 1. The van der Waals surface area contributed by atoms with Crippen LogP contribution >= 0.6 is 35.6 Å². The topological polar surface area (TPSA) is 58.2 Å². The number of benzene rings is 2. The molecule has 2 N–H and O–H groups in total. The van der Waals surface area contributed by atoms with Gasteiger partial charge >= 0.3 is 0 Å². The molecule has 0 aliphatic rings. The van der Waals surface area contributed by atoms with Gasteiger partial charge in [0.2, 0.25) is 0 Å². The molecule has 0 fully saturated rings. The SMILES string of the molecule is CSc1ccc(Cl)c(C(=O)NC(=S)Nc2ccc(C(C)=O)cc2)c1. The van der Waals surface area contributed by atoms with Gasteiger partial charge in [-0.3, -0.25) is 14.9 Å². The molecule has 0 aromatic heterocycles. The molecule has 0 saturated heterocycles. The number of halogens is 1. The Bertz CT molecular complexity index is 792. The predicted molar refractivity (Wildman–Crippen MR) is 103 cm³/mol. The summed E-state index contributed by atoms with van der Waals surface area (Å²) in [5.74, 6) is -0.394. The second-order valence-corrected chi connectivity index (χ2v) is 6.58. The number of anilines is 1. The molecule has 1 amide bonds. The normalized spacial score (nSPS) is 10.1. The first-order valence-corrected chi connectivity index (χ1v) is 8.98. The van der Waals surface area contributed by atoms with Crippen LogP contribution in [0, 0.1) is 0 Å². The highest BCUT2D eigenvalue weighted by atomic mass is 35.5. The zero-order chi connectivity index (χ0) is 17.7. The van der Waals surface area contributed by atoms with Crippen LogP contribution in [0.4, 0.5) is 5.69 Å². The van der Waals surface area contributed by atoms with E-state index >= 15 is 0 Å². The average molecular weight is 379 g/mol. The minimum atomic E-state index is -0.381. The lowest BCUT2D eigenvalue weighted by atomic mass is 10.1. The third-order valence-corrected chi connectivity index (χ3v) is 4.45. The molecule has 0 aliphatic carbocycles. The Morgan fingerprint density at radius 2 is 1.79 bits per heavy atom. The monoisotopic (exact) mass is 378 g/mol. The Balaban J connectivity index is 2.04. The van der Waals surface area contributed by atoms with Crippen molar-refractivity contribution in [1.29, 1.82) is 0 Å². The maximum Gasteiger partial charge on any atom is 0.258 e. The van der Waals surface area contributed by atoms with E-state index in [-0.39, 0.29) is 16.8 Å². The van der Waals surface area contributed by atoms with Gasteiger partial charge in [-0.2, -0.15) is 0 Å². The number of thiocarbonyl (C=S) groups is 1. The third kappa shape index (κ3) is 4.80. The smallest absolute Gasteiger partial charge is 0.258 e. The number of carbonyl (C=O) groups is 2. The van der Waals surface area contributed by atoms with E-state index in [1.54, 1.807) is 36.4 Å². The molecule has 124 valence electrons. The average Bonchev–Trinajstić information content (AvgIpc) is 2.55. The molecule has 0 saturated carbocycles. The number of rotatable bonds is 4. The number of carbonyl (C=O) groups excluding carboxylic acids is 2. The van der Waals surface area contributed by atoms with Crippen molar-refractivity contribution in [2.24, 2.45) is 0 Å². The molecule has 0 atom stereocenters. The van der Waals surface area contributed by atoms with Crippen LogP contribution in [0.5, 0.6) is 0 Å². The summed E-state index contributed by atoms with van der Waals surface area (Å²) in [5.41, 5.74) is 1.64. The summed E-state index contributed by atoms with van der Waals surface area (Å²) in [7, 11) is 0. The Morgan fingerprint density at radius 3 is 2.38 bits per heavy atom. The fourth-order valence-corrected chi connectivity index (χ4v) is 2.78. The van der Waals surface area contributed by atoms with Crippen molar-refractivity contribution in [2.45, 2.75) is 11.8 Å². The van der Waals surface area contributed by atoms with Crippen molar-refractivity contribution in [3.05, 3.63) is 58.6 Å². The summed E-state index contributed by atoms with van der Waals surface area (Å²) >= 11 is 12.7. The molecule has 0 unspecified atom stereocenters. The molecule has 0 bridgehead atoms. The lowest BCUT2D eigenvalue weighted by Gasteiger charge is -2.11. The molecule has 2 aromatic carbocycles. The van der Waals surface area contributed by atoms with E-state index in [9.17, 15) is 9.59 Å². The standard InChI is InChI=1S/C17H15ClN2O2S2/c1-10(21)11-3-5-12(6-4-11)19-17(23)20-16(22)14-9-13(24-2)7-8-15(14)18/h3-9H,1-2H3,(H2,19,20,22,23). The van der Waals surface area contributed by atoms with Gasteiger partial charge in [0.1, 0.15) is 0 Å². The molecular weight excluding hydrogens is 364 g/mol. The molecule has 0 radical (unpaired) electrons. The minimum Gasteiger partial charge on any atom is -0.332 e. The largest absolute Gasteiger partial charge is 0.332 e. The molecular formula is C17H15ClN2O2S2. The van der Waals surface area contributed by atoms with Gasteiger partial charge in [0, 0.05) is 16.1 Å². The molecule has 0 aliphatic heterocycles.